The third-order valence-electron chi connectivity index (χ3n) is 10.5. The van der Waals surface area contributed by atoms with Crippen LogP contribution in [0.5, 0.6) is 0 Å². The molecular formula is C29H46O2. The summed E-state index contributed by atoms with van der Waals surface area (Å²) in [6.45, 7) is 17.0. The maximum Gasteiger partial charge on any atom is 0.306 e. The monoisotopic (exact) mass is 426 g/mol. The Kier molecular flexibility index (Phi) is 6.02. The van der Waals surface area contributed by atoms with E-state index in [1.807, 2.05) is 0 Å². The fraction of sp³-hybridized carbons (Fsp3) is 0.828. The van der Waals surface area contributed by atoms with Crippen LogP contribution >= 0.6 is 0 Å². The van der Waals surface area contributed by atoms with Gasteiger partial charge < -0.3 is 4.74 Å². The number of esters is 1. The summed E-state index contributed by atoms with van der Waals surface area (Å²) in [4.78, 5) is 12.2. The van der Waals surface area contributed by atoms with Crippen LogP contribution in [0.4, 0.5) is 0 Å². The van der Waals surface area contributed by atoms with Crippen LogP contribution in [0.2, 0.25) is 0 Å². The van der Waals surface area contributed by atoms with Gasteiger partial charge in [-0.2, -0.15) is 0 Å². The van der Waals surface area contributed by atoms with Crippen molar-refractivity contribution in [1.29, 1.82) is 0 Å². The molecule has 0 bridgehead atoms. The van der Waals surface area contributed by atoms with Crippen molar-refractivity contribution in [2.75, 3.05) is 0 Å². The molecule has 174 valence electrons. The molecule has 0 aromatic rings. The molecule has 2 fully saturated rings. The zero-order valence-corrected chi connectivity index (χ0v) is 21.2. The minimum absolute atomic E-state index is 0.00622. The quantitative estimate of drug-likeness (QED) is 0.418. The minimum Gasteiger partial charge on any atom is -0.462 e. The van der Waals surface area contributed by atoms with Gasteiger partial charge in [-0.1, -0.05) is 73.0 Å². The highest BCUT2D eigenvalue weighted by Crippen LogP contribution is 2.70. The van der Waals surface area contributed by atoms with Gasteiger partial charge in [0.2, 0.25) is 0 Å². The van der Waals surface area contributed by atoms with Gasteiger partial charge in [0.15, 0.2) is 0 Å². The molecule has 0 N–H and O–H groups in total. The maximum atomic E-state index is 12.2. The zero-order chi connectivity index (χ0) is 22.6. The van der Waals surface area contributed by atoms with Crippen LogP contribution in [0.15, 0.2) is 23.3 Å². The van der Waals surface area contributed by atoms with Gasteiger partial charge in [0.1, 0.15) is 6.10 Å². The minimum atomic E-state index is -0.00622. The molecule has 0 unspecified atom stereocenters. The van der Waals surface area contributed by atoms with Crippen molar-refractivity contribution in [3.8, 4) is 0 Å². The first-order chi connectivity index (χ1) is 14.5. The number of fused-ring (bicyclic) bond motifs is 5. The van der Waals surface area contributed by atoms with Gasteiger partial charge in [-0.15, -0.1) is 0 Å². The summed E-state index contributed by atoms with van der Waals surface area (Å²) in [5.41, 5.74) is 3.90. The van der Waals surface area contributed by atoms with E-state index in [4.69, 9.17) is 4.74 Å². The molecule has 2 heteroatoms. The highest BCUT2D eigenvalue weighted by atomic mass is 16.5. The Balaban J connectivity index is 1.63. The number of carbonyl (C=O) groups is 1. The molecule has 4 aliphatic rings. The number of carbonyl (C=O) groups excluding carboxylic acids is 1. The van der Waals surface area contributed by atoms with Gasteiger partial charge in [0.25, 0.3) is 0 Å². The third kappa shape index (κ3) is 3.55. The fourth-order valence-electron chi connectivity index (χ4n) is 8.28. The van der Waals surface area contributed by atoms with E-state index in [9.17, 15) is 4.79 Å². The van der Waals surface area contributed by atoms with E-state index in [1.165, 1.54) is 38.5 Å². The molecule has 0 aromatic carbocycles. The molecule has 1 saturated heterocycles. The van der Waals surface area contributed by atoms with Gasteiger partial charge in [-0.05, 0) is 84.2 Å². The summed E-state index contributed by atoms with van der Waals surface area (Å²) in [6, 6.07) is 0. The Labute approximate surface area is 191 Å². The molecule has 0 amide bonds. The molecule has 4 rings (SSSR count). The van der Waals surface area contributed by atoms with E-state index in [2.05, 4.69) is 60.6 Å². The van der Waals surface area contributed by atoms with Gasteiger partial charge >= 0.3 is 5.97 Å². The Bertz CT molecular complexity index is 776. The largest absolute Gasteiger partial charge is 0.462 e. The van der Waals surface area contributed by atoms with Crippen molar-refractivity contribution in [1.82, 2.24) is 0 Å². The van der Waals surface area contributed by atoms with E-state index < -0.39 is 0 Å². The molecule has 31 heavy (non-hydrogen) atoms. The van der Waals surface area contributed by atoms with E-state index >= 15 is 0 Å². The lowest BCUT2D eigenvalue weighted by molar-refractivity contribution is -0.149. The summed E-state index contributed by atoms with van der Waals surface area (Å²) in [5, 5.41) is 0. The van der Waals surface area contributed by atoms with Crippen LogP contribution in [0.25, 0.3) is 0 Å². The smallest absolute Gasteiger partial charge is 0.306 e. The molecular weight excluding hydrogens is 380 g/mol. The number of allylic oxidation sites excluding steroid dienone is 4. The zero-order valence-electron chi connectivity index (χ0n) is 21.2. The van der Waals surface area contributed by atoms with Gasteiger partial charge in [0, 0.05) is 12.3 Å². The van der Waals surface area contributed by atoms with Gasteiger partial charge in [-0.3, -0.25) is 4.79 Å². The molecule has 3 aliphatic carbocycles. The molecule has 1 heterocycles. The average molecular weight is 427 g/mol. The molecule has 1 aliphatic heterocycles. The molecule has 0 aromatic heterocycles. The lowest BCUT2D eigenvalue weighted by Crippen LogP contribution is -2.48. The van der Waals surface area contributed by atoms with Crippen LogP contribution in [-0.4, -0.2) is 12.1 Å². The SMILES string of the molecule is CC(C)CCC[C@H](C)[C@@H]1CC[C@@]2(C)C3=CC[C@H]4[C@H](C)OC(=O)CC[C@]4(C)C3=CC[C@]12C. The summed E-state index contributed by atoms with van der Waals surface area (Å²) in [6.07, 6.45) is 15.7. The van der Waals surface area contributed by atoms with E-state index in [1.54, 1.807) is 11.1 Å². The standard InChI is InChI=1S/C29H46O2/c1-19(2)9-8-10-20(3)22-13-17-29(7)25-12-11-23-21(4)31-26(30)15-16-27(23,5)24(25)14-18-28(22,29)6/h12,14,19-23H,8-11,13,15-18H2,1-7H3/t20-,21-,22-,23-,27-,28+,29-/m0/s1. The Hall–Kier alpha value is -1.05. The van der Waals surface area contributed by atoms with Crippen LogP contribution in [0.1, 0.15) is 106 Å². The van der Waals surface area contributed by atoms with Crippen LogP contribution in [-0.2, 0) is 9.53 Å². The van der Waals surface area contributed by atoms with Crippen molar-refractivity contribution >= 4 is 5.97 Å². The van der Waals surface area contributed by atoms with Gasteiger partial charge in [0.05, 0.1) is 0 Å². The van der Waals surface area contributed by atoms with Crippen molar-refractivity contribution < 1.29 is 9.53 Å². The first-order valence-electron chi connectivity index (χ1n) is 13.1. The number of ether oxygens (including phenoxy) is 1. The Morgan fingerprint density at radius 2 is 1.81 bits per heavy atom. The lowest BCUT2D eigenvalue weighted by Gasteiger charge is -2.56. The van der Waals surface area contributed by atoms with Gasteiger partial charge in [-0.25, -0.2) is 0 Å². The Morgan fingerprint density at radius 1 is 1.06 bits per heavy atom. The topological polar surface area (TPSA) is 26.3 Å². The normalized spacial score (nSPS) is 43.2. The van der Waals surface area contributed by atoms with Crippen LogP contribution in [0.3, 0.4) is 0 Å². The molecule has 0 spiro atoms. The second kappa shape index (κ2) is 8.07. The Morgan fingerprint density at radius 3 is 2.52 bits per heavy atom. The molecule has 2 nitrogen and oxygen atoms in total. The number of rotatable bonds is 5. The summed E-state index contributed by atoms with van der Waals surface area (Å²) >= 11 is 0. The van der Waals surface area contributed by atoms with E-state index in [0.29, 0.717) is 17.8 Å². The predicted octanol–water partition coefficient (Wildman–Crippen LogP) is 7.88. The second-order valence-electron chi connectivity index (χ2n) is 12.6. The van der Waals surface area contributed by atoms with E-state index in [0.717, 1.165) is 30.6 Å². The maximum absolute atomic E-state index is 12.2. The van der Waals surface area contributed by atoms with Crippen LogP contribution in [0, 0.1) is 39.9 Å². The molecule has 7 atom stereocenters. The highest BCUT2D eigenvalue weighted by molar-refractivity contribution is 5.70. The number of hydrogen-bond acceptors (Lipinski definition) is 2. The van der Waals surface area contributed by atoms with E-state index in [-0.39, 0.29) is 22.9 Å². The molecule has 0 radical (unpaired) electrons. The first-order valence-corrected chi connectivity index (χ1v) is 13.1. The molecule has 1 saturated carbocycles. The summed E-state index contributed by atoms with van der Waals surface area (Å²) < 4.78 is 5.76. The summed E-state index contributed by atoms with van der Waals surface area (Å²) in [5.74, 6) is 2.84. The predicted molar refractivity (Wildman–Crippen MR) is 129 cm³/mol. The lowest BCUT2D eigenvalue weighted by atomic mass is 9.48. The number of hydrogen-bond donors (Lipinski definition) is 0. The van der Waals surface area contributed by atoms with Crippen molar-refractivity contribution in [2.24, 2.45) is 39.9 Å². The van der Waals surface area contributed by atoms with Crippen LogP contribution < -0.4 is 0 Å². The fourth-order valence-corrected chi connectivity index (χ4v) is 8.28. The summed E-state index contributed by atoms with van der Waals surface area (Å²) in [7, 11) is 0. The highest BCUT2D eigenvalue weighted by Gasteiger charge is 2.61. The number of cyclic esters (lactones) is 1. The van der Waals surface area contributed by atoms with Crippen molar-refractivity contribution in [3.63, 3.8) is 0 Å². The van der Waals surface area contributed by atoms with Crippen molar-refractivity contribution in [2.45, 2.75) is 112 Å². The third-order valence-corrected chi connectivity index (χ3v) is 10.5. The van der Waals surface area contributed by atoms with Crippen molar-refractivity contribution in [3.05, 3.63) is 23.3 Å². The average Bonchev–Trinajstić information content (AvgIpc) is 2.91. The first kappa shape index (κ1) is 23.1. The second-order valence-corrected chi connectivity index (χ2v) is 12.6.